The van der Waals surface area contributed by atoms with Crippen molar-refractivity contribution in [2.45, 2.75) is 96.0 Å². The second-order valence-electron chi connectivity index (χ2n) is 8.22. The van der Waals surface area contributed by atoms with Crippen LogP contribution in [0.3, 0.4) is 0 Å². The van der Waals surface area contributed by atoms with Crippen molar-refractivity contribution >= 4 is 0 Å². The van der Waals surface area contributed by atoms with Gasteiger partial charge in [-0.15, -0.1) is 0 Å². The van der Waals surface area contributed by atoms with Gasteiger partial charge in [0.1, 0.15) is 0 Å². The third-order valence-corrected chi connectivity index (χ3v) is 6.86. The van der Waals surface area contributed by atoms with Gasteiger partial charge in [-0.2, -0.15) is 5.26 Å². The van der Waals surface area contributed by atoms with Gasteiger partial charge in [-0.3, -0.25) is 0 Å². The summed E-state index contributed by atoms with van der Waals surface area (Å²) in [5, 5.41) is 8.60. The molecule has 2 rings (SSSR count). The van der Waals surface area contributed by atoms with Crippen molar-refractivity contribution in [1.82, 2.24) is 0 Å². The summed E-state index contributed by atoms with van der Waals surface area (Å²) in [6.45, 7) is 2.31. The Hall–Kier alpha value is -0.810. The van der Waals surface area contributed by atoms with Crippen molar-refractivity contribution < 1.29 is 4.74 Å². The average molecular weight is 332 g/mol. The fourth-order valence-electron chi connectivity index (χ4n) is 5.12. The highest BCUT2D eigenvalue weighted by atomic mass is 16.5. The van der Waals surface area contributed by atoms with Crippen molar-refractivity contribution in [2.75, 3.05) is 7.11 Å². The summed E-state index contributed by atoms with van der Waals surface area (Å²) < 4.78 is 5.94. The van der Waals surface area contributed by atoms with Gasteiger partial charge in [0.25, 0.3) is 0 Å². The lowest BCUT2D eigenvalue weighted by Gasteiger charge is -2.43. The molecule has 2 nitrogen and oxygen atoms in total. The van der Waals surface area contributed by atoms with Gasteiger partial charge >= 0.3 is 0 Å². The summed E-state index contributed by atoms with van der Waals surface area (Å²) in [6.07, 6.45) is 20.9. The molecule has 2 aliphatic carbocycles. The molecule has 0 amide bonds. The third kappa shape index (κ3) is 5.62. The van der Waals surface area contributed by atoms with E-state index in [1.165, 1.54) is 70.6 Å². The number of allylic oxidation sites excluding steroid dienone is 2. The first-order valence-corrected chi connectivity index (χ1v) is 10.3. The van der Waals surface area contributed by atoms with Crippen molar-refractivity contribution in [1.29, 1.82) is 5.26 Å². The Morgan fingerprint density at radius 2 is 1.75 bits per heavy atom. The van der Waals surface area contributed by atoms with Gasteiger partial charge in [-0.1, -0.05) is 45.1 Å². The van der Waals surface area contributed by atoms with Crippen LogP contribution in [-0.4, -0.2) is 12.7 Å². The van der Waals surface area contributed by atoms with Crippen LogP contribution in [0.2, 0.25) is 0 Å². The fraction of sp³-hybridized carbons (Fsp3) is 0.864. The highest BCUT2D eigenvalue weighted by Crippen LogP contribution is 2.45. The third-order valence-electron chi connectivity index (χ3n) is 6.86. The molecule has 0 spiro atoms. The standard InChI is InChI=1S/C22H37NO/c1-3-4-8-19-9-11-20(12-10-19)21-13-16-22(24-2,17-14-21)15-6-5-7-18-23/h5,7,19-21H,3-4,6,8-17H2,1-2H3/t19-,20-,21-,22+. The molecule has 0 bridgehead atoms. The highest BCUT2D eigenvalue weighted by molar-refractivity contribution is 5.02. The van der Waals surface area contributed by atoms with Gasteiger partial charge in [0.15, 0.2) is 0 Å². The van der Waals surface area contributed by atoms with Crippen LogP contribution in [0.15, 0.2) is 12.2 Å². The second-order valence-corrected chi connectivity index (χ2v) is 8.22. The molecular weight excluding hydrogens is 294 g/mol. The van der Waals surface area contributed by atoms with Crippen LogP contribution in [0.1, 0.15) is 90.4 Å². The molecule has 2 fully saturated rings. The second kappa shape index (κ2) is 10.2. The minimum absolute atomic E-state index is 0.0780. The monoisotopic (exact) mass is 331 g/mol. The molecule has 0 aliphatic heterocycles. The zero-order valence-corrected chi connectivity index (χ0v) is 15.9. The van der Waals surface area contributed by atoms with Gasteiger partial charge < -0.3 is 4.74 Å². The Morgan fingerprint density at radius 1 is 1.08 bits per heavy atom. The first-order valence-electron chi connectivity index (χ1n) is 10.3. The lowest BCUT2D eigenvalue weighted by atomic mass is 9.67. The summed E-state index contributed by atoms with van der Waals surface area (Å²) in [6, 6.07) is 2.08. The van der Waals surface area contributed by atoms with E-state index in [0.29, 0.717) is 0 Å². The molecule has 2 saturated carbocycles. The SMILES string of the molecule is CCCC[C@H]1CC[C@H]([C@H]2CC[C@@](CCC=CC#N)(OC)CC2)CC1. The van der Waals surface area contributed by atoms with E-state index in [-0.39, 0.29) is 5.60 Å². The van der Waals surface area contributed by atoms with Gasteiger partial charge in [0.2, 0.25) is 0 Å². The Kier molecular flexibility index (Phi) is 8.33. The molecular formula is C22H37NO. The molecule has 136 valence electrons. The van der Waals surface area contributed by atoms with Crippen LogP contribution < -0.4 is 0 Å². The molecule has 0 N–H and O–H groups in total. The lowest BCUT2D eigenvalue weighted by Crippen LogP contribution is -2.38. The molecule has 0 saturated heterocycles. The number of nitriles is 1. The number of hydrogen-bond acceptors (Lipinski definition) is 2. The molecule has 0 aromatic carbocycles. The van der Waals surface area contributed by atoms with E-state index in [0.717, 1.165) is 30.6 Å². The van der Waals surface area contributed by atoms with Gasteiger partial charge in [-0.25, -0.2) is 0 Å². The molecule has 2 aliphatic rings. The van der Waals surface area contributed by atoms with Crippen molar-refractivity contribution in [2.24, 2.45) is 17.8 Å². The van der Waals surface area contributed by atoms with Crippen molar-refractivity contribution in [3.05, 3.63) is 12.2 Å². The number of unbranched alkanes of at least 4 members (excludes halogenated alkanes) is 1. The van der Waals surface area contributed by atoms with E-state index in [9.17, 15) is 0 Å². The van der Waals surface area contributed by atoms with E-state index < -0.39 is 0 Å². The van der Waals surface area contributed by atoms with Crippen molar-refractivity contribution in [3.8, 4) is 6.07 Å². The molecule has 0 atom stereocenters. The van der Waals surface area contributed by atoms with E-state index in [4.69, 9.17) is 10.00 Å². The van der Waals surface area contributed by atoms with E-state index in [1.807, 2.05) is 13.2 Å². The van der Waals surface area contributed by atoms with Crippen LogP contribution in [0, 0.1) is 29.1 Å². The Bertz CT molecular complexity index is 406. The Balaban J connectivity index is 1.74. The number of nitrogens with zero attached hydrogens (tertiary/aromatic N) is 1. The summed E-state index contributed by atoms with van der Waals surface area (Å²) in [5.41, 5.74) is 0.0780. The maximum absolute atomic E-state index is 8.60. The molecule has 2 heteroatoms. The first kappa shape index (κ1) is 19.5. The molecule has 24 heavy (non-hydrogen) atoms. The summed E-state index contributed by atoms with van der Waals surface area (Å²) >= 11 is 0. The smallest absolute Gasteiger partial charge is 0.0908 e. The van der Waals surface area contributed by atoms with Crippen LogP contribution in [0.4, 0.5) is 0 Å². The minimum Gasteiger partial charge on any atom is -0.378 e. The zero-order chi connectivity index (χ0) is 17.3. The maximum atomic E-state index is 8.60. The maximum Gasteiger partial charge on any atom is 0.0908 e. The summed E-state index contributed by atoms with van der Waals surface area (Å²) in [7, 11) is 1.88. The van der Waals surface area contributed by atoms with Crippen LogP contribution >= 0.6 is 0 Å². The number of ether oxygens (including phenoxy) is 1. The first-order chi connectivity index (χ1) is 11.7. The quantitative estimate of drug-likeness (QED) is 0.481. The Labute approximate surface area is 149 Å². The predicted molar refractivity (Wildman–Crippen MR) is 101 cm³/mol. The minimum atomic E-state index is 0.0780. The summed E-state index contributed by atoms with van der Waals surface area (Å²) in [4.78, 5) is 0. The van der Waals surface area contributed by atoms with Gasteiger partial charge in [-0.05, 0) is 69.1 Å². The number of rotatable bonds is 8. The number of methoxy groups -OCH3 is 1. The van der Waals surface area contributed by atoms with Gasteiger partial charge in [0.05, 0.1) is 11.7 Å². The van der Waals surface area contributed by atoms with E-state index in [1.54, 1.807) is 6.08 Å². The largest absolute Gasteiger partial charge is 0.378 e. The topological polar surface area (TPSA) is 33.0 Å². The normalized spacial score (nSPS) is 34.3. The lowest BCUT2D eigenvalue weighted by molar-refractivity contribution is -0.0618. The molecule has 0 radical (unpaired) electrons. The molecule has 0 aromatic heterocycles. The van der Waals surface area contributed by atoms with Crippen LogP contribution in [0.25, 0.3) is 0 Å². The number of hydrogen-bond donors (Lipinski definition) is 0. The highest BCUT2D eigenvalue weighted by Gasteiger charge is 2.37. The predicted octanol–water partition coefficient (Wildman–Crippen LogP) is 6.42. The zero-order valence-electron chi connectivity index (χ0n) is 15.9. The molecule has 0 aromatic rings. The Morgan fingerprint density at radius 3 is 2.33 bits per heavy atom. The van der Waals surface area contributed by atoms with Crippen molar-refractivity contribution in [3.63, 3.8) is 0 Å². The summed E-state index contributed by atoms with van der Waals surface area (Å²) in [5.74, 6) is 2.95. The average Bonchev–Trinajstić information content (AvgIpc) is 2.64. The van der Waals surface area contributed by atoms with Crippen LogP contribution in [0.5, 0.6) is 0 Å². The van der Waals surface area contributed by atoms with Crippen LogP contribution in [-0.2, 0) is 4.74 Å². The molecule has 0 heterocycles. The van der Waals surface area contributed by atoms with E-state index >= 15 is 0 Å². The van der Waals surface area contributed by atoms with E-state index in [2.05, 4.69) is 13.0 Å². The fourth-order valence-corrected chi connectivity index (χ4v) is 5.12. The van der Waals surface area contributed by atoms with Gasteiger partial charge in [0, 0.05) is 13.2 Å². The molecule has 0 unspecified atom stereocenters.